The van der Waals surface area contributed by atoms with E-state index in [4.69, 9.17) is 4.74 Å². The number of nitrogens with zero attached hydrogens (tertiary/aromatic N) is 1. The second-order valence-corrected chi connectivity index (χ2v) is 6.95. The summed E-state index contributed by atoms with van der Waals surface area (Å²) in [6.45, 7) is 0.369. The Morgan fingerprint density at radius 3 is 2.50 bits per heavy atom. The monoisotopic (exact) mass is 375 g/mol. The van der Waals surface area contributed by atoms with Crippen LogP contribution in [0.1, 0.15) is 18.4 Å². The normalized spacial score (nSPS) is 14.3. The van der Waals surface area contributed by atoms with Gasteiger partial charge in [-0.2, -0.15) is 0 Å². The minimum absolute atomic E-state index is 0.242. The highest BCUT2D eigenvalue weighted by Crippen LogP contribution is 2.47. The molecule has 1 aliphatic carbocycles. The first kappa shape index (κ1) is 18.0. The van der Waals surface area contributed by atoms with E-state index in [1.807, 2.05) is 48.5 Å². The van der Waals surface area contributed by atoms with E-state index in [2.05, 4.69) is 15.6 Å². The molecule has 1 fully saturated rings. The zero-order valence-electron chi connectivity index (χ0n) is 15.6. The largest absolute Gasteiger partial charge is 0.497 e. The molecule has 142 valence electrons. The number of para-hydroxylation sites is 1. The third-order valence-electron chi connectivity index (χ3n) is 5.11. The fourth-order valence-corrected chi connectivity index (χ4v) is 3.22. The van der Waals surface area contributed by atoms with Crippen molar-refractivity contribution < 1.29 is 14.3 Å². The van der Waals surface area contributed by atoms with Crippen molar-refractivity contribution in [2.75, 3.05) is 12.4 Å². The summed E-state index contributed by atoms with van der Waals surface area (Å²) in [5.41, 5.74) is 1.29. The van der Waals surface area contributed by atoms with Gasteiger partial charge < -0.3 is 15.4 Å². The van der Waals surface area contributed by atoms with Crippen molar-refractivity contribution >= 4 is 28.4 Å². The quantitative estimate of drug-likeness (QED) is 0.648. The van der Waals surface area contributed by atoms with Crippen LogP contribution in [0.3, 0.4) is 0 Å². The number of ether oxygens (including phenoxy) is 1. The molecule has 2 N–H and O–H groups in total. The lowest BCUT2D eigenvalue weighted by molar-refractivity contribution is -0.134. The number of nitrogens with one attached hydrogen (secondary N) is 2. The second-order valence-electron chi connectivity index (χ2n) is 6.95. The Balaban J connectivity index is 1.43. The van der Waals surface area contributed by atoms with Gasteiger partial charge in [0, 0.05) is 18.1 Å². The molecule has 1 saturated carbocycles. The maximum atomic E-state index is 12.9. The molecule has 0 unspecified atom stereocenters. The van der Waals surface area contributed by atoms with Crippen LogP contribution in [0.2, 0.25) is 0 Å². The molecular formula is C22H21N3O3. The summed E-state index contributed by atoms with van der Waals surface area (Å²) in [7, 11) is 1.61. The van der Waals surface area contributed by atoms with Crippen molar-refractivity contribution in [3.05, 3.63) is 66.4 Å². The highest BCUT2D eigenvalue weighted by atomic mass is 16.5. The van der Waals surface area contributed by atoms with Crippen molar-refractivity contribution in [2.24, 2.45) is 5.41 Å². The molecule has 6 heteroatoms. The SMILES string of the molecule is COc1ccc(CNC(=O)C2(C(=O)Nc3cccc4cccnc34)CC2)cc1. The van der Waals surface area contributed by atoms with Crippen LogP contribution in [0.25, 0.3) is 10.9 Å². The Labute approximate surface area is 162 Å². The summed E-state index contributed by atoms with van der Waals surface area (Å²) >= 11 is 0. The fraction of sp³-hybridized carbons (Fsp3) is 0.227. The number of carbonyl (C=O) groups excluding carboxylic acids is 2. The van der Waals surface area contributed by atoms with Crippen molar-refractivity contribution in [1.82, 2.24) is 10.3 Å². The molecule has 2 aromatic carbocycles. The van der Waals surface area contributed by atoms with Gasteiger partial charge >= 0.3 is 0 Å². The molecule has 0 spiro atoms. The number of methoxy groups -OCH3 is 1. The first-order valence-corrected chi connectivity index (χ1v) is 9.19. The molecular weight excluding hydrogens is 354 g/mol. The number of fused-ring (bicyclic) bond motifs is 1. The topological polar surface area (TPSA) is 80.3 Å². The van der Waals surface area contributed by atoms with Gasteiger partial charge in [0.15, 0.2) is 0 Å². The van der Waals surface area contributed by atoms with E-state index in [9.17, 15) is 9.59 Å². The summed E-state index contributed by atoms with van der Waals surface area (Å²) in [5.74, 6) is 0.240. The summed E-state index contributed by atoms with van der Waals surface area (Å²) < 4.78 is 5.13. The van der Waals surface area contributed by atoms with Gasteiger partial charge in [-0.05, 0) is 42.7 Å². The average molecular weight is 375 g/mol. The standard InChI is InChI=1S/C22H21N3O3/c1-28-17-9-7-15(8-10-17)14-24-20(26)22(11-12-22)21(27)25-18-6-2-4-16-5-3-13-23-19(16)18/h2-10,13H,11-12,14H2,1H3,(H,24,26)(H,25,27). The minimum atomic E-state index is -0.997. The fourth-order valence-electron chi connectivity index (χ4n) is 3.22. The van der Waals surface area contributed by atoms with Crippen LogP contribution in [0.15, 0.2) is 60.8 Å². The molecule has 3 aromatic rings. The summed E-state index contributed by atoms with van der Waals surface area (Å²) in [6.07, 6.45) is 2.78. The van der Waals surface area contributed by atoms with Crippen LogP contribution in [0.5, 0.6) is 5.75 Å². The van der Waals surface area contributed by atoms with Gasteiger partial charge in [0.2, 0.25) is 11.8 Å². The van der Waals surface area contributed by atoms with E-state index >= 15 is 0 Å². The lowest BCUT2D eigenvalue weighted by Gasteiger charge is -2.16. The lowest BCUT2D eigenvalue weighted by atomic mass is 10.0. The molecule has 0 atom stereocenters. The average Bonchev–Trinajstić information content (AvgIpc) is 3.55. The van der Waals surface area contributed by atoms with E-state index in [-0.39, 0.29) is 11.8 Å². The number of aromatic nitrogens is 1. The predicted molar refractivity (Wildman–Crippen MR) is 107 cm³/mol. The molecule has 0 radical (unpaired) electrons. The van der Waals surface area contributed by atoms with Gasteiger partial charge in [-0.1, -0.05) is 30.3 Å². The molecule has 1 aromatic heterocycles. The maximum Gasteiger partial charge on any atom is 0.240 e. The summed E-state index contributed by atoms with van der Waals surface area (Å²) in [5, 5.41) is 6.73. The molecule has 0 bridgehead atoms. The number of hydrogen-bond donors (Lipinski definition) is 2. The minimum Gasteiger partial charge on any atom is -0.497 e. The summed E-state index contributed by atoms with van der Waals surface area (Å²) in [4.78, 5) is 29.9. The molecule has 1 heterocycles. The Morgan fingerprint density at radius 2 is 1.79 bits per heavy atom. The van der Waals surface area contributed by atoms with Crippen molar-refractivity contribution in [2.45, 2.75) is 19.4 Å². The zero-order valence-corrected chi connectivity index (χ0v) is 15.6. The molecule has 4 rings (SSSR count). The number of carbonyl (C=O) groups is 2. The van der Waals surface area contributed by atoms with Crippen LogP contribution in [0.4, 0.5) is 5.69 Å². The molecule has 6 nitrogen and oxygen atoms in total. The number of rotatable bonds is 6. The number of hydrogen-bond acceptors (Lipinski definition) is 4. The van der Waals surface area contributed by atoms with Crippen LogP contribution < -0.4 is 15.4 Å². The Kier molecular flexibility index (Phi) is 4.69. The van der Waals surface area contributed by atoms with Crippen LogP contribution in [-0.4, -0.2) is 23.9 Å². The van der Waals surface area contributed by atoms with Gasteiger partial charge in [0.05, 0.1) is 18.3 Å². The maximum absolute atomic E-state index is 12.9. The number of amides is 2. The first-order valence-electron chi connectivity index (χ1n) is 9.19. The van der Waals surface area contributed by atoms with E-state index < -0.39 is 5.41 Å². The van der Waals surface area contributed by atoms with Gasteiger partial charge in [-0.15, -0.1) is 0 Å². The van der Waals surface area contributed by atoms with Crippen molar-refractivity contribution in [1.29, 1.82) is 0 Å². The van der Waals surface area contributed by atoms with Crippen molar-refractivity contribution in [3.8, 4) is 5.75 Å². The number of pyridine rings is 1. The third-order valence-corrected chi connectivity index (χ3v) is 5.11. The first-order chi connectivity index (χ1) is 13.6. The molecule has 0 saturated heterocycles. The highest BCUT2D eigenvalue weighted by Gasteiger charge is 2.56. The number of benzene rings is 2. The Hall–Kier alpha value is -3.41. The zero-order chi connectivity index (χ0) is 19.6. The van der Waals surface area contributed by atoms with Crippen LogP contribution >= 0.6 is 0 Å². The summed E-state index contributed by atoms with van der Waals surface area (Å²) in [6, 6.07) is 16.9. The Bertz CT molecular complexity index is 1020. The smallest absolute Gasteiger partial charge is 0.240 e. The number of anilines is 1. The van der Waals surface area contributed by atoms with E-state index in [1.165, 1.54) is 0 Å². The van der Waals surface area contributed by atoms with Gasteiger partial charge in [-0.3, -0.25) is 14.6 Å². The second kappa shape index (κ2) is 7.31. The molecule has 1 aliphatic rings. The highest BCUT2D eigenvalue weighted by molar-refractivity contribution is 6.14. The van der Waals surface area contributed by atoms with Gasteiger partial charge in [-0.25, -0.2) is 0 Å². The van der Waals surface area contributed by atoms with Crippen molar-refractivity contribution in [3.63, 3.8) is 0 Å². The van der Waals surface area contributed by atoms with Gasteiger partial charge in [0.1, 0.15) is 11.2 Å². The third kappa shape index (κ3) is 3.41. The predicted octanol–water partition coefficient (Wildman–Crippen LogP) is 3.28. The lowest BCUT2D eigenvalue weighted by Crippen LogP contribution is -2.39. The molecule has 2 amide bonds. The molecule has 0 aliphatic heterocycles. The Morgan fingerprint density at radius 1 is 1.04 bits per heavy atom. The van der Waals surface area contributed by atoms with Crippen LogP contribution in [-0.2, 0) is 16.1 Å². The van der Waals surface area contributed by atoms with E-state index in [0.29, 0.717) is 30.6 Å². The van der Waals surface area contributed by atoms with Crippen LogP contribution in [0, 0.1) is 5.41 Å². The van der Waals surface area contributed by atoms with E-state index in [0.717, 1.165) is 16.7 Å². The molecule has 28 heavy (non-hydrogen) atoms. The van der Waals surface area contributed by atoms with Gasteiger partial charge in [0.25, 0.3) is 0 Å². The van der Waals surface area contributed by atoms with E-state index in [1.54, 1.807) is 19.4 Å².